The molecule has 25 heavy (non-hydrogen) atoms. The van der Waals surface area contributed by atoms with Gasteiger partial charge in [-0.2, -0.15) is 0 Å². The van der Waals surface area contributed by atoms with Gasteiger partial charge in [-0.05, 0) is 53.1 Å². The molecule has 3 aromatic rings. The predicted molar refractivity (Wildman–Crippen MR) is 103 cm³/mol. The van der Waals surface area contributed by atoms with Crippen molar-refractivity contribution < 1.29 is 9.53 Å². The van der Waals surface area contributed by atoms with Crippen LogP contribution < -0.4 is 10.1 Å². The predicted octanol–water partition coefficient (Wildman–Crippen LogP) is 4.74. The topological polar surface area (TPSA) is 38.3 Å². The van der Waals surface area contributed by atoms with E-state index in [0.717, 1.165) is 16.9 Å². The molecule has 0 radical (unpaired) electrons. The fraction of sp³-hybridized carbons (Fsp3) is 0.136. The maximum Gasteiger partial charge on any atom is 0.244 e. The molecule has 1 N–H and O–H groups in total. The quantitative estimate of drug-likeness (QED) is 0.686. The molecule has 0 fully saturated rings. The van der Waals surface area contributed by atoms with E-state index in [1.807, 2.05) is 43.3 Å². The number of methoxy groups -OCH3 is 1. The average molecular weight is 331 g/mol. The summed E-state index contributed by atoms with van der Waals surface area (Å²) in [6, 6.07) is 22.0. The zero-order chi connectivity index (χ0) is 17.6. The molecule has 1 amide bonds. The second-order valence-corrected chi connectivity index (χ2v) is 5.95. The van der Waals surface area contributed by atoms with Gasteiger partial charge in [-0.1, -0.05) is 48.5 Å². The van der Waals surface area contributed by atoms with E-state index in [0.29, 0.717) is 0 Å². The third kappa shape index (κ3) is 4.27. The van der Waals surface area contributed by atoms with Crippen molar-refractivity contribution >= 4 is 22.8 Å². The summed E-state index contributed by atoms with van der Waals surface area (Å²) in [5.74, 6) is 0.649. The Morgan fingerprint density at radius 3 is 2.60 bits per heavy atom. The van der Waals surface area contributed by atoms with Crippen molar-refractivity contribution in [3.05, 3.63) is 83.9 Å². The molecule has 3 heteroatoms. The van der Waals surface area contributed by atoms with E-state index < -0.39 is 0 Å². The second-order valence-electron chi connectivity index (χ2n) is 5.95. The van der Waals surface area contributed by atoms with Gasteiger partial charge in [-0.25, -0.2) is 0 Å². The Kier molecular flexibility index (Phi) is 5.14. The largest absolute Gasteiger partial charge is 0.497 e. The third-order valence-corrected chi connectivity index (χ3v) is 4.15. The zero-order valence-corrected chi connectivity index (χ0v) is 14.4. The number of rotatable bonds is 5. The number of ether oxygens (including phenoxy) is 1. The van der Waals surface area contributed by atoms with E-state index in [4.69, 9.17) is 4.74 Å². The van der Waals surface area contributed by atoms with Crippen molar-refractivity contribution in [2.24, 2.45) is 0 Å². The van der Waals surface area contributed by atoms with Crippen molar-refractivity contribution in [2.45, 2.75) is 13.0 Å². The first kappa shape index (κ1) is 16.8. The molecule has 126 valence electrons. The van der Waals surface area contributed by atoms with Crippen molar-refractivity contribution in [3.63, 3.8) is 0 Å². The highest BCUT2D eigenvalue weighted by atomic mass is 16.5. The van der Waals surface area contributed by atoms with Crippen LogP contribution in [-0.2, 0) is 4.79 Å². The van der Waals surface area contributed by atoms with E-state index in [9.17, 15) is 4.79 Å². The Morgan fingerprint density at radius 2 is 1.80 bits per heavy atom. The van der Waals surface area contributed by atoms with E-state index in [2.05, 4.69) is 35.6 Å². The maximum absolute atomic E-state index is 12.2. The normalized spacial score (nSPS) is 12.2. The Balaban J connectivity index is 1.67. The van der Waals surface area contributed by atoms with Crippen molar-refractivity contribution in [3.8, 4) is 5.75 Å². The fourth-order valence-corrected chi connectivity index (χ4v) is 2.74. The van der Waals surface area contributed by atoms with Gasteiger partial charge in [0.15, 0.2) is 0 Å². The van der Waals surface area contributed by atoms with Gasteiger partial charge < -0.3 is 10.1 Å². The van der Waals surface area contributed by atoms with Gasteiger partial charge in [0, 0.05) is 6.08 Å². The highest BCUT2D eigenvalue weighted by molar-refractivity contribution is 5.92. The van der Waals surface area contributed by atoms with Crippen LogP contribution in [0.3, 0.4) is 0 Å². The molecule has 0 aliphatic carbocycles. The lowest BCUT2D eigenvalue weighted by molar-refractivity contribution is -0.117. The Morgan fingerprint density at radius 1 is 1.00 bits per heavy atom. The summed E-state index contributed by atoms with van der Waals surface area (Å²) in [5.41, 5.74) is 2.01. The number of hydrogen-bond acceptors (Lipinski definition) is 2. The minimum atomic E-state index is -0.122. The zero-order valence-electron chi connectivity index (χ0n) is 14.4. The first-order valence-corrected chi connectivity index (χ1v) is 8.27. The van der Waals surface area contributed by atoms with Crippen molar-refractivity contribution in [1.29, 1.82) is 0 Å². The minimum absolute atomic E-state index is 0.0629. The van der Waals surface area contributed by atoms with Gasteiger partial charge in [0.2, 0.25) is 5.91 Å². The van der Waals surface area contributed by atoms with Gasteiger partial charge in [0.1, 0.15) is 5.75 Å². The van der Waals surface area contributed by atoms with Gasteiger partial charge >= 0.3 is 0 Å². The molecule has 0 saturated heterocycles. The van der Waals surface area contributed by atoms with Crippen LogP contribution in [0, 0.1) is 0 Å². The first-order chi connectivity index (χ1) is 12.2. The summed E-state index contributed by atoms with van der Waals surface area (Å²) >= 11 is 0. The monoisotopic (exact) mass is 331 g/mol. The molecule has 3 rings (SSSR count). The van der Waals surface area contributed by atoms with Crippen LogP contribution >= 0.6 is 0 Å². The summed E-state index contributed by atoms with van der Waals surface area (Å²) < 4.78 is 5.18. The summed E-state index contributed by atoms with van der Waals surface area (Å²) in [7, 11) is 1.63. The van der Waals surface area contributed by atoms with Crippen LogP contribution in [0.2, 0.25) is 0 Å². The van der Waals surface area contributed by atoms with Gasteiger partial charge in [-0.3, -0.25) is 4.79 Å². The summed E-state index contributed by atoms with van der Waals surface area (Å²) in [6.45, 7) is 1.99. The van der Waals surface area contributed by atoms with Crippen molar-refractivity contribution in [1.82, 2.24) is 5.32 Å². The molecule has 0 aromatic heterocycles. The molecular formula is C22H21NO2. The molecule has 3 aromatic carbocycles. The number of carbonyl (C=O) groups excluding carboxylic acids is 1. The first-order valence-electron chi connectivity index (χ1n) is 8.27. The van der Waals surface area contributed by atoms with Crippen LogP contribution in [0.5, 0.6) is 5.75 Å². The van der Waals surface area contributed by atoms with E-state index in [1.165, 1.54) is 10.8 Å². The Hall–Kier alpha value is -3.07. The van der Waals surface area contributed by atoms with Crippen LogP contribution in [0.1, 0.15) is 24.1 Å². The van der Waals surface area contributed by atoms with Crippen LogP contribution in [-0.4, -0.2) is 13.0 Å². The van der Waals surface area contributed by atoms with Crippen LogP contribution in [0.4, 0.5) is 0 Å². The molecule has 0 aliphatic rings. The maximum atomic E-state index is 12.2. The fourth-order valence-electron chi connectivity index (χ4n) is 2.74. The molecule has 0 bridgehead atoms. The molecule has 3 nitrogen and oxygen atoms in total. The summed E-state index contributed by atoms with van der Waals surface area (Å²) in [5, 5.41) is 5.37. The molecule has 1 atom stereocenters. The van der Waals surface area contributed by atoms with Gasteiger partial charge in [-0.15, -0.1) is 0 Å². The second kappa shape index (κ2) is 7.67. The SMILES string of the molecule is COc1cccc(/C=C/C(=O)N[C@@H](C)c2ccc3ccccc3c2)c1. The lowest BCUT2D eigenvalue weighted by Crippen LogP contribution is -2.24. The lowest BCUT2D eigenvalue weighted by atomic mass is 10.0. The number of benzene rings is 3. The van der Waals surface area contributed by atoms with E-state index in [-0.39, 0.29) is 11.9 Å². The highest BCUT2D eigenvalue weighted by Gasteiger charge is 2.08. The Labute approximate surface area is 147 Å². The summed E-state index contributed by atoms with van der Waals surface area (Å²) in [4.78, 5) is 12.2. The summed E-state index contributed by atoms with van der Waals surface area (Å²) in [6.07, 6.45) is 3.33. The number of amides is 1. The van der Waals surface area contributed by atoms with Crippen LogP contribution in [0.15, 0.2) is 72.8 Å². The van der Waals surface area contributed by atoms with Crippen molar-refractivity contribution in [2.75, 3.05) is 7.11 Å². The van der Waals surface area contributed by atoms with Gasteiger partial charge in [0.25, 0.3) is 0 Å². The lowest BCUT2D eigenvalue weighted by Gasteiger charge is -2.14. The van der Waals surface area contributed by atoms with E-state index in [1.54, 1.807) is 19.3 Å². The Bertz CT molecular complexity index is 915. The number of nitrogens with one attached hydrogen (secondary N) is 1. The standard InChI is InChI=1S/C22H21NO2/c1-16(19-12-11-18-7-3-4-8-20(18)15-19)23-22(24)13-10-17-6-5-9-21(14-17)25-2/h3-16H,1-2H3,(H,23,24)/b13-10+/t16-/m0/s1. The smallest absolute Gasteiger partial charge is 0.244 e. The molecule has 0 heterocycles. The van der Waals surface area contributed by atoms with Crippen LogP contribution in [0.25, 0.3) is 16.8 Å². The number of carbonyl (C=O) groups is 1. The molecule has 0 spiro atoms. The third-order valence-electron chi connectivity index (χ3n) is 4.15. The number of fused-ring (bicyclic) bond motifs is 1. The highest BCUT2D eigenvalue weighted by Crippen LogP contribution is 2.20. The average Bonchev–Trinajstić information content (AvgIpc) is 2.66. The number of hydrogen-bond donors (Lipinski definition) is 1. The molecule has 0 unspecified atom stereocenters. The molecular weight excluding hydrogens is 310 g/mol. The van der Waals surface area contributed by atoms with E-state index >= 15 is 0 Å². The molecule has 0 saturated carbocycles. The molecule has 0 aliphatic heterocycles. The minimum Gasteiger partial charge on any atom is -0.497 e. The van der Waals surface area contributed by atoms with Gasteiger partial charge in [0.05, 0.1) is 13.2 Å².